The van der Waals surface area contributed by atoms with Crippen LogP contribution in [0.15, 0.2) is 30.3 Å². The van der Waals surface area contributed by atoms with Crippen molar-refractivity contribution in [3.63, 3.8) is 0 Å². The minimum atomic E-state index is 0.628. The second-order valence-corrected chi connectivity index (χ2v) is 4.04. The lowest BCUT2D eigenvalue weighted by molar-refractivity contribution is 1.10. The highest BCUT2D eigenvalue weighted by Crippen LogP contribution is 2.16. The number of aromatic amines is 1. The van der Waals surface area contributed by atoms with Crippen molar-refractivity contribution in [1.82, 2.24) is 9.97 Å². The van der Waals surface area contributed by atoms with Gasteiger partial charge in [0.2, 0.25) is 0 Å². The van der Waals surface area contributed by atoms with Gasteiger partial charge in [0, 0.05) is 11.3 Å². The molecule has 1 aromatic heterocycles. The van der Waals surface area contributed by atoms with Crippen LogP contribution in [-0.4, -0.2) is 9.97 Å². The monoisotopic (exact) mass is 216 g/mol. The Balaban J connectivity index is 2.59. The Bertz CT molecular complexity index is 543. The van der Waals surface area contributed by atoms with E-state index in [4.69, 9.17) is 12.2 Å². The van der Waals surface area contributed by atoms with Crippen molar-refractivity contribution >= 4 is 12.2 Å². The quantitative estimate of drug-likeness (QED) is 0.740. The van der Waals surface area contributed by atoms with E-state index in [0.717, 1.165) is 17.1 Å². The molecule has 0 radical (unpaired) electrons. The van der Waals surface area contributed by atoms with E-state index in [1.807, 2.05) is 25.1 Å². The largest absolute Gasteiger partial charge is 0.343 e. The molecule has 3 heteroatoms. The van der Waals surface area contributed by atoms with Crippen molar-refractivity contribution in [3.8, 4) is 11.4 Å². The molecule has 0 spiro atoms. The van der Waals surface area contributed by atoms with Gasteiger partial charge in [-0.1, -0.05) is 36.0 Å². The lowest BCUT2D eigenvalue weighted by Crippen LogP contribution is -1.92. The second-order valence-electron chi connectivity index (χ2n) is 3.62. The Morgan fingerprint density at radius 3 is 2.67 bits per heavy atom. The van der Waals surface area contributed by atoms with Crippen LogP contribution >= 0.6 is 12.2 Å². The summed E-state index contributed by atoms with van der Waals surface area (Å²) >= 11 is 5.09. The minimum Gasteiger partial charge on any atom is -0.343 e. The number of hydrogen-bond donors (Lipinski definition) is 1. The van der Waals surface area contributed by atoms with Crippen LogP contribution < -0.4 is 0 Å². The first-order valence-corrected chi connectivity index (χ1v) is 5.21. The molecule has 76 valence electrons. The summed E-state index contributed by atoms with van der Waals surface area (Å²) < 4.78 is 0.628. The predicted octanol–water partition coefficient (Wildman–Crippen LogP) is 3.42. The van der Waals surface area contributed by atoms with Gasteiger partial charge in [0.1, 0.15) is 10.5 Å². The molecule has 0 unspecified atom stereocenters. The maximum atomic E-state index is 5.09. The van der Waals surface area contributed by atoms with Gasteiger partial charge in [-0.25, -0.2) is 4.98 Å². The summed E-state index contributed by atoms with van der Waals surface area (Å²) in [5.74, 6) is 0.837. The number of nitrogens with zero attached hydrogens (tertiary/aromatic N) is 1. The summed E-state index contributed by atoms with van der Waals surface area (Å²) in [5, 5.41) is 0. The van der Waals surface area contributed by atoms with Gasteiger partial charge >= 0.3 is 0 Å². The number of aryl methyl sites for hydroxylation is 2. The molecule has 0 aliphatic heterocycles. The highest BCUT2D eigenvalue weighted by atomic mass is 32.1. The molecule has 1 aromatic carbocycles. The second kappa shape index (κ2) is 3.95. The summed E-state index contributed by atoms with van der Waals surface area (Å²) in [4.78, 5) is 7.52. The summed E-state index contributed by atoms with van der Waals surface area (Å²) in [5.41, 5.74) is 3.33. The lowest BCUT2D eigenvalue weighted by atomic mass is 10.1. The number of nitrogens with one attached hydrogen (secondary N) is 1. The van der Waals surface area contributed by atoms with Crippen LogP contribution in [0.3, 0.4) is 0 Å². The fourth-order valence-electron chi connectivity index (χ4n) is 1.51. The van der Waals surface area contributed by atoms with Gasteiger partial charge in [0.05, 0.1) is 0 Å². The maximum absolute atomic E-state index is 5.09. The van der Waals surface area contributed by atoms with Crippen LogP contribution in [0.4, 0.5) is 0 Å². The Morgan fingerprint density at radius 1 is 1.20 bits per heavy atom. The predicted molar refractivity (Wildman–Crippen MR) is 64.3 cm³/mol. The van der Waals surface area contributed by atoms with E-state index in [1.54, 1.807) is 0 Å². The lowest BCUT2D eigenvalue weighted by Gasteiger charge is -2.03. The fourth-order valence-corrected chi connectivity index (χ4v) is 1.78. The zero-order valence-corrected chi connectivity index (χ0v) is 9.56. The van der Waals surface area contributed by atoms with Crippen LogP contribution in [-0.2, 0) is 0 Å². The van der Waals surface area contributed by atoms with Gasteiger partial charge in [-0.2, -0.15) is 0 Å². The van der Waals surface area contributed by atoms with Crippen molar-refractivity contribution < 1.29 is 0 Å². The third kappa shape index (κ3) is 2.30. The van der Waals surface area contributed by atoms with Crippen molar-refractivity contribution in [2.24, 2.45) is 0 Å². The number of H-pyrrole nitrogens is 1. The van der Waals surface area contributed by atoms with Gasteiger partial charge in [-0.15, -0.1) is 0 Å². The number of benzene rings is 1. The first kappa shape index (κ1) is 10.1. The molecule has 2 nitrogen and oxygen atoms in total. The molecule has 1 N–H and O–H groups in total. The maximum Gasteiger partial charge on any atom is 0.139 e. The highest BCUT2D eigenvalue weighted by molar-refractivity contribution is 7.71. The van der Waals surface area contributed by atoms with Crippen LogP contribution in [0.25, 0.3) is 11.4 Å². The molecular weight excluding hydrogens is 204 g/mol. The summed E-state index contributed by atoms with van der Waals surface area (Å²) in [6, 6.07) is 10.1. The zero-order chi connectivity index (χ0) is 10.8. The van der Waals surface area contributed by atoms with Gasteiger partial charge < -0.3 is 4.98 Å². The number of aromatic nitrogens is 2. The van der Waals surface area contributed by atoms with Crippen LogP contribution in [0, 0.1) is 18.5 Å². The minimum absolute atomic E-state index is 0.628. The summed E-state index contributed by atoms with van der Waals surface area (Å²) in [6.45, 7) is 4.05. The van der Waals surface area contributed by atoms with Crippen molar-refractivity contribution in [1.29, 1.82) is 0 Å². The third-order valence-electron chi connectivity index (χ3n) is 2.17. The molecule has 2 rings (SSSR count). The molecule has 0 bridgehead atoms. The van der Waals surface area contributed by atoms with Crippen LogP contribution in [0.1, 0.15) is 11.3 Å². The molecule has 0 saturated carbocycles. The van der Waals surface area contributed by atoms with Gasteiger partial charge in [0.15, 0.2) is 0 Å². The van der Waals surface area contributed by atoms with Crippen molar-refractivity contribution in [2.75, 3.05) is 0 Å². The Labute approximate surface area is 94.0 Å². The van der Waals surface area contributed by atoms with Crippen molar-refractivity contribution in [2.45, 2.75) is 13.8 Å². The van der Waals surface area contributed by atoms with Gasteiger partial charge in [-0.3, -0.25) is 0 Å². The Hall–Kier alpha value is -1.48. The topological polar surface area (TPSA) is 28.7 Å². The van der Waals surface area contributed by atoms with E-state index in [0.29, 0.717) is 4.64 Å². The standard InChI is InChI=1S/C12H12N2S/c1-8-4-3-5-10(6-8)12-13-9(2)7-11(15)14-12/h3-7H,1-2H3,(H,13,14,15). The van der Waals surface area contributed by atoms with Gasteiger partial charge in [0.25, 0.3) is 0 Å². The molecule has 0 aliphatic carbocycles. The van der Waals surface area contributed by atoms with Crippen LogP contribution in [0.5, 0.6) is 0 Å². The third-order valence-corrected chi connectivity index (χ3v) is 2.38. The molecule has 2 aromatic rings. The molecule has 0 aliphatic rings. The van der Waals surface area contributed by atoms with Crippen LogP contribution in [0.2, 0.25) is 0 Å². The molecule has 1 heterocycles. The summed E-state index contributed by atoms with van der Waals surface area (Å²) in [6.07, 6.45) is 0. The van der Waals surface area contributed by atoms with E-state index < -0.39 is 0 Å². The molecular formula is C12H12N2S. The van der Waals surface area contributed by atoms with E-state index in [-0.39, 0.29) is 0 Å². The van der Waals surface area contributed by atoms with E-state index in [1.165, 1.54) is 5.56 Å². The molecule has 15 heavy (non-hydrogen) atoms. The Kier molecular flexibility index (Phi) is 2.64. The van der Waals surface area contributed by atoms with E-state index >= 15 is 0 Å². The Morgan fingerprint density at radius 2 is 2.00 bits per heavy atom. The number of rotatable bonds is 1. The fraction of sp³-hybridized carbons (Fsp3) is 0.167. The SMILES string of the molecule is Cc1cccc(-c2nc(=S)cc(C)[nH]2)c1. The smallest absolute Gasteiger partial charge is 0.139 e. The van der Waals surface area contributed by atoms with E-state index in [9.17, 15) is 0 Å². The summed E-state index contributed by atoms with van der Waals surface area (Å²) in [7, 11) is 0. The first-order chi connectivity index (χ1) is 7.15. The molecule has 0 atom stereocenters. The van der Waals surface area contributed by atoms with E-state index in [2.05, 4.69) is 29.0 Å². The van der Waals surface area contributed by atoms with Crippen molar-refractivity contribution in [3.05, 3.63) is 46.2 Å². The average Bonchev–Trinajstić information content (AvgIpc) is 2.16. The number of hydrogen-bond acceptors (Lipinski definition) is 2. The first-order valence-electron chi connectivity index (χ1n) is 4.80. The zero-order valence-electron chi connectivity index (χ0n) is 8.74. The average molecular weight is 216 g/mol. The molecule has 0 fully saturated rings. The highest BCUT2D eigenvalue weighted by Gasteiger charge is 2.00. The van der Waals surface area contributed by atoms with Gasteiger partial charge in [-0.05, 0) is 26.0 Å². The molecule has 0 amide bonds. The molecule has 0 saturated heterocycles. The normalized spacial score (nSPS) is 10.3.